The number of methoxy groups -OCH3 is 1. The highest BCUT2D eigenvalue weighted by Crippen LogP contribution is 2.30. The quantitative estimate of drug-likeness (QED) is 0.360. The summed E-state index contributed by atoms with van der Waals surface area (Å²) >= 11 is 3.43. The maximum Gasteiger partial charge on any atom is 0.161 e. The van der Waals surface area contributed by atoms with E-state index in [-0.39, 0.29) is 0 Å². The van der Waals surface area contributed by atoms with Gasteiger partial charge in [-0.3, -0.25) is 0 Å². The molecule has 1 N–H and O–H groups in total. The average Bonchev–Trinajstić information content (AvgIpc) is 3.21. The molecule has 0 aliphatic rings. The number of halogens is 1. The number of fused-ring (bicyclic) bond motifs is 1. The standard InChI is InChI=1S/C24H18BrN3O2/c1-29-23-13-17(8-11-22(23)30-15-16-6-9-19(25)10-7-16)12-18(14-26)24-27-20-4-2-3-5-21(20)28-24/h2-13H,15H2,1H3,(H,27,28)/b18-12+. The molecule has 4 rings (SSSR count). The van der Waals surface area contributed by atoms with Gasteiger partial charge in [0, 0.05) is 4.47 Å². The summed E-state index contributed by atoms with van der Waals surface area (Å²) in [6.07, 6.45) is 1.78. The number of nitrogens with one attached hydrogen (secondary N) is 1. The zero-order chi connectivity index (χ0) is 20.9. The number of rotatable bonds is 6. The van der Waals surface area contributed by atoms with E-state index in [1.54, 1.807) is 13.2 Å². The van der Waals surface area contributed by atoms with Crippen LogP contribution in [0.5, 0.6) is 11.5 Å². The number of para-hydroxylation sites is 2. The monoisotopic (exact) mass is 459 g/mol. The molecular weight excluding hydrogens is 442 g/mol. The average molecular weight is 460 g/mol. The minimum absolute atomic E-state index is 0.432. The van der Waals surface area contributed by atoms with E-state index in [1.807, 2.05) is 66.7 Å². The van der Waals surface area contributed by atoms with Crippen LogP contribution in [0.25, 0.3) is 22.7 Å². The molecule has 0 unspecified atom stereocenters. The van der Waals surface area contributed by atoms with Crippen molar-refractivity contribution >= 4 is 38.6 Å². The number of aromatic nitrogens is 2. The largest absolute Gasteiger partial charge is 0.493 e. The summed E-state index contributed by atoms with van der Waals surface area (Å²) in [6.45, 7) is 0.432. The Balaban J connectivity index is 1.57. The summed E-state index contributed by atoms with van der Waals surface area (Å²) in [5.41, 5.74) is 4.03. The summed E-state index contributed by atoms with van der Waals surface area (Å²) in [5, 5.41) is 9.64. The third kappa shape index (κ3) is 4.37. The molecule has 148 valence electrons. The molecule has 6 heteroatoms. The van der Waals surface area contributed by atoms with Gasteiger partial charge < -0.3 is 14.5 Å². The Bertz CT molecular complexity index is 1220. The summed E-state index contributed by atoms with van der Waals surface area (Å²) in [5.74, 6) is 1.77. The number of H-pyrrole nitrogens is 1. The molecule has 0 aliphatic carbocycles. The van der Waals surface area contributed by atoms with Crippen LogP contribution in [0, 0.1) is 11.3 Å². The minimum atomic E-state index is 0.432. The van der Waals surface area contributed by atoms with Crippen LogP contribution in [0.1, 0.15) is 17.0 Å². The number of hydrogen-bond acceptors (Lipinski definition) is 4. The van der Waals surface area contributed by atoms with E-state index in [2.05, 4.69) is 32.0 Å². The van der Waals surface area contributed by atoms with Crippen molar-refractivity contribution in [3.05, 3.63) is 88.2 Å². The fraction of sp³-hybridized carbons (Fsp3) is 0.0833. The van der Waals surface area contributed by atoms with Gasteiger partial charge >= 0.3 is 0 Å². The normalized spacial score (nSPS) is 11.3. The Hall–Kier alpha value is -3.56. The Morgan fingerprint density at radius 3 is 2.63 bits per heavy atom. The molecule has 1 heterocycles. The fourth-order valence-electron chi connectivity index (χ4n) is 3.04. The number of ether oxygens (including phenoxy) is 2. The number of nitrogens with zero attached hydrogens (tertiary/aromatic N) is 2. The number of imidazole rings is 1. The zero-order valence-corrected chi connectivity index (χ0v) is 17.8. The van der Waals surface area contributed by atoms with Crippen LogP contribution in [0.15, 0.2) is 71.2 Å². The van der Waals surface area contributed by atoms with Gasteiger partial charge in [-0.15, -0.1) is 0 Å². The van der Waals surface area contributed by atoms with Crippen molar-refractivity contribution in [2.45, 2.75) is 6.61 Å². The second-order valence-electron chi connectivity index (χ2n) is 6.60. The van der Waals surface area contributed by atoms with Crippen molar-refractivity contribution in [1.29, 1.82) is 5.26 Å². The van der Waals surface area contributed by atoms with E-state index in [4.69, 9.17) is 9.47 Å². The molecule has 0 aliphatic heterocycles. The number of allylic oxidation sites excluding steroid dienone is 1. The van der Waals surface area contributed by atoms with Crippen LogP contribution in [0.4, 0.5) is 0 Å². The molecule has 0 bridgehead atoms. The number of benzene rings is 3. The van der Waals surface area contributed by atoms with Gasteiger partial charge in [0.05, 0.1) is 23.7 Å². The van der Waals surface area contributed by atoms with Crippen molar-refractivity contribution in [2.24, 2.45) is 0 Å². The first kappa shape index (κ1) is 19.7. The van der Waals surface area contributed by atoms with Gasteiger partial charge in [-0.1, -0.05) is 46.3 Å². The van der Waals surface area contributed by atoms with Crippen molar-refractivity contribution in [3.8, 4) is 17.6 Å². The predicted molar refractivity (Wildman–Crippen MR) is 121 cm³/mol. The first-order valence-electron chi connectivity index (χ1n) is 9.28. The molecule has 4 aromatic rings. The van der Waals surface area contributed by atoms with E-state index >= 15 is 0 Å². The molecule has 5 nitrogen and oxygen atoms in total. The second kappa shape index (κ2) is 8.85. The van der Waals surface area contributed by atoms with Crippen LogP contribution < -0.4 is 9.47 Å². The number of hydrogen-bond donors (Lipinski definition) is 1. The smallest absolute Gasteiger partial charge is 0.161 e. The highest BCUT2D eigenvalue weighted by molar-refractivity contribution is 9.10. The van der Waals surface area contributed by atoms with E-state index in [9.17, 15) is 5.26 Å². The van der Waals surface area contributed by atoms with Gasteiger partial charge in [0.25, 0.3) is 0 Å². The first-order chi connectivity index (χ1) is 14.7. The Morgan fingerprint density at radius 2 is 1.90 bits per heavy atom. The highest BCUT2D eigenvalue weighted by atomic mass is 79.9. The molecule has 3 aromatic carbocycles. The minimum Gasteiger partial charge on any atom is -0.493 e. The Labute approximate surface area is 182 Å². The van der Waals surface area contributed by atoms with Gasteiger partial charge in [0.1, 0.15) is 18.5 Å². The molecule has 0 saturated carbocycles. The summed E-state index contributed by atoms with van der Waals surface area (Å²) in [6, 6.07) is 23.4. The highest BCUT2D eigenvalue weighted by Gasteiger charge is 2.10. The lowest BCUT2D eigenvalue weighted by Crippen LogP contribution is -1.98. The summed E-state index contributed by atoms with van der Waals surface area (Å²) in [4.78, 5) is 7.69. The molecular formula is C24H18BrN3O2. The molecule has 0 fully saturated rings. The lowest BCUT2D eigenvalue weighted by molar-refractivity contribution is 0.284. The van der Waals surface area contributed by atoms with Crippen molar-refractivity contribution in [2.75, 3.05) is 7.11 Å². The van der Waals surface area contributed by atoms with Gasteiger partial charge in [0.15, 0.2) is 11.5 Å². The SMILES string of the molecule is COc1cc(/C=C(\C#N)c2nc3ccccc3[nH]2)ccc1OCc1ccc(Br)cc1. The van der Waals surface area contributed by atoms with E-state index < -0.39 is 0 Å². The lowest BCUT2D eigenvalue weighted by atomic mass is 10.1. The Kier molecular flexibility index (Phi) is 5.82. The molecule has 0 spiro atoms. The maximum absolute atomic E-state index is 9.64. The van der Waals surface area contributed by atoms with Crippen LogP contribution in [0.2, 0.25) is 0 Å². The first-order valence-corrected chi connectivity index (χ1v) is 10.1. The van der Waals surface area contributed by atoms with Crippen molar-refractivity contribution in [1.82, 2.24) is 9.97 Å². The molecule has 30 heavy (non-hydrogen) atoms. The number of nitriles is 1. The lowest BCUT2D eigenvalue weighted by Gasteiger charge is -2.11. The van der Waals surface area contributed by atoms with Crippen LogP contribution >= 0.6 is 15.9 Å². The van der Waals surface area contributed by atoms with Gasteiger partial charge in [-0.05, 0) is 53.6 Å². The summed E-state index contributed by atoms with van der Waals surface area (Å²) in [7, 11) is 1.60. The van der Waals surface area contributed by atoms with E-state index in [0.29, 0.717) is 29.5 Å². The van der Waals surface area contributed by atoms with Crippen LogP contribution in [0.3, 0.4) is 0 Å². The van der Waals surface area contributed by atoms with Gasteiger partial charge in [-0.25, -0.2) is 4.98 Å². The van der Waals surface area contributed by atoms with Crippen molar-refractivity contribution < 1.29 is 9.47 Å². The van der Waals surface area contributed by atoms with Crippen LogP contribution in [-0.2, 0) is 6.61 Å². The molecule has 0 atom stereocenters. The number of aromatic amines is 1. The molecule has 1 aromatic heterocycles. The Morgan fingerprint density at radius 1 is 1.10 bits per heavy atom. The third-order valence-electron chi connectivity index (χ3n) is 4.57. The zero-order valence-electron chi connectivity index (χ0n) is 16.2. The third-order valence-corrected chi connectivity index (χ3v) is 5.10. The molecule has 0 amide bonds. The fourth-order valence-corrected chi connectivity index (χ4v) is 3.30. The van der Waals surface area contributed by atoms with Crippen molar-refractivity contribution in [3.63, 3.8) is 0 Å². The van der Waals surface area contributed by atoms with Crippen LogP contribution in [-0.4, -0.2) is 17.1 Å². The maximum atomic E-state index is 9.64. The summed E-state index contributed by atoms with van der Waals surface area (Å²) < 4.78 is 12.4. The van der Waals surface area contributed by atoms with Gasteiger partial charge in [-0.2, -0.15) is 5.26 Å². The molecule has 0 saturated heterocycles. The molecule has 0 radical (unpaired) electrons. The van der Waals surface area contributed by atoms with Gasteiger partial charge in [0.2, 0.25) is 0 Å². The van der Waals surface area contributed by atoms with E-state index in [0.717, 1.165) is 26.6 Å². The second-order valence-corrected chi connectivity index (χ2v) is 7.51. The van der Waals surface area contributed by atoms with E-state index in [1.165, 1.54) is 0 Å². The predicted octanol–water partition coefficient (Wildman–Crippen LogP) is 5.98. The topological polar surface area (TPSA) is 70.9 Å².